The second-order valence-electron chi connectivity index (χ2n) is 5.17. The van der Waals surface area contributed by atoms with Crippen molar-refractivity contribution >= 4 is 5.91 Å². The lowest BCUT2D eigenvalue weighted by Gasteiger charge is -2.27. The van der Waals surface area contributed by atoms with Crippen molar-refractivity contribution < 1.29 is 4.79 Å². The molecule has 90 valence electrons. The van der Waals surface area contributed by atoms with Crippen molar-refractivity contribution in [3.63, 3.8) is 0 Å². The average Bonchev–Trinajstić information content (AvgIpc) is 3.13. The van der Waals surface area contributed by atoms with E-state index in [1.54, 1.807) is 0 Å². The van der Waals surface area contributed by atoms with Crippen molar-refractivity contribution in [2.45, 2.75) is 32.4 Å². The lowest BCUT2D eigenvalue weighted by Crippen LogP contribution is -2.40. The summed E-state index contributed by atoms with van der Waals surface area (Å²) in [5.41, 5.74) is 3.86. The van der Waals surface area contributed by atoms with Crippen LogP contribution in [0.4, 0.5) is 0 Å². The van der Waals surface area contributed by atoms with Crippen LogP contribution in [0.2, 0.25) is 0 Å². The van der Waals surface area contributed by atoms with Crippen LogP contribution in [0, 0.1) is 12.8 Å². The largest absolute Gasteiger partial charge is 0.348 e. The first kappa shape index (κ1) is 10.8. The number of nitrogens with one attached hydrogen (secondary N) is 2. The Morgan fingerprint density at radius 1 is 1.41 bits per heavy atom. The van der Waals surface area contributed by atoms with Gasteiger partial charge in [-0.15, -0.1) is 0 Å². The maximum atomic E-state index is 11.8. The zero-order chi connectivity index (χ0) is 11.8. The van der Waals surface area contributed by atoms with E-state index in [0.29, 0.717) is 0 Å². The molecule has 1 fully saturated rings. The second-order valence-corrected chi connectivity index (χ2v) is 5.17. The number of hydrogen-bond acceptors (Lipinski definition) is 2. The van der Waals surface area contributed by atoms with Crippen molar-refractivity contribution in [2.24, 2.45) is 5.92 Å². The number of amides is 1. The number of rotatable bonds is 2. The van der Waals surface area contributed by atoms with Crippen LogP contribution >= 0.6 is 0 Å². The molecule has 0 spiro atoms. The molecule has 3 nitrogen and oxygen atoms in total. The smallest absolute Gasteiger partial charge is 0.223 e. The number of fused-ring (bicyclic) bond motifs is 1. The number of aryl methyl sites for hydroxylation is 1. The van der Waals surface area contributed by atoms with Gasteiger partial charge in [-0.1, -0.05) is 23.8 Å². The Balaban J connectivity index is 1.82. The van der Waals surface area contributed by atoms with E-state index in [-0.39, 0.29) is 17.9 Å². The van der Waals surface area contributed by atoms with E-state index < -0.39 is 0 Å². The van der Waals surface area contributed by atoms with Gasteiger partial charge in [-0.2, -0.15) is 0 Å². The average molecular weight is 230 g/mol. The van der Waals surface area contributed by atoms with E-state index in [2.05, 4.69) is 35.8 Å². The normalized spacial score (nSPS) is 23.0. The minimum Gasteiger partial charge on any atom is -0.348 e. The Kier molecular flexibility index (Phi) is 2.63. The predicted octanol–water partition coefficient (Wildman–Crippen LogP) is 1.67. The molecular formula is C14H18N2O. The van der Waals surface area contributed by atoms with Gasteiger partial charge in [0.1, 0.15) is 0 Å². The van der Waals surface area contributed by atoms with Gasteiger partial charge < -0.3 is 10.6 Å². The molecular weight excluding hydrogens is 212 g/mol. The van der Waals surface area contributed by atoms with Gasteiger partial charge in [0.05, 0.1) is 6.04 Å². The topological polar surface area (TPSA) is 41.1 Å². The molecule has 3 rings (SSSR count). The van der Waals surface area contributed by atoms with E-state index in [0.717, 1.165) is 25.9 Å². The molecule has 1 amide bonds. The zero-order valence-electron chi connectivity index (χ0n) is 10.1. The molecule has 0 radical (unpaired) electrons. The molecule has 3 heteroatoms. The van der Waals surface area contributed by atoms with E-state index >= 15 is 0 Å². The maximum absolute atomic E-state index is 11.8. The van der Waals surface area contributed by atoms with Crippen LogP contribution in [-0.4, -0.2) is 12.5 Å². The Morgan fingerprint density at radius 3 is 3.00 bits per heavy atom. The van der Waals surface area contributed by atoms with Gasteiger partial charge in [-0.25, -0.2) is 0 Å². The molecule has 2 aliphatic rings. The summed E-state index contributed by atoms with van der Waals surface area (Å²) in [6.07, 6.45) is 2.12. The van der Waals surface area contributed by atoms with Crippen LogP contribution in [0.1, 0.15) is 35.6 Å². The molecule has 2 N–H and O–H groups in total. The molecule has 1 aliphatic heterocycles. The number of carbonyl (C=O) groups excluding carboxylic acids is 1. The summed E-state index contributed by atoms with van der Waals surface area (Å²) in [4.78, 5) is 11.8. The molecule has 1 aliphatic carbocycles. The molecule has 1 aromatic carbocycles. The fourth-order valence-electron chi connectivity index (χ4n) is 2.42. The van der Waals surface area contributed by atoms with Gasteiger partial charge >= 0.3 is 0 Å². The van der Waals surface area contributed by atoms with Crippen LogP contribution in [-0.2, 0) is 11.3 Å². The highest BCUT2D eigenvalue weighted by molar-refractivity contribution is 5.81. The summed E-state index contributed by atoms with van der Waals surface area (Å²) in [6, 6.07) is 6.64. The highest BCUT2D eigenvalue weighted by Gasteiger charge is 2.32. The maximum Gasteiger partial charge on any atom is 0.223 e. The Hall–Kier alpha value is -1.35. The summed E-state index contributed by atoms with van der Waals surface area (Å²) < 4.78 is 0. The molecule has 0 saturated heterocycles. The first-order chi connectivity index (χ1) is 8.24. The molecule has 1 heterocycles. The quantitative estimate of drug-likeness (QED) is 0.811. The van der Waals surface area contributed by atoms with Crippen molar-refractivity contribution in [1.82, 2.24) is 10.6 Å². The Labute approximate surface area is 102 Å². The molecule has 0 bridgehead atoms. The first-order valence-electron chi connectivity index (χ1n) is 6.34. The van der Waals surface area contributed by atoms with E-state index in [9.17, 15) is 4.79 Å². The van der Waals surface area contributed by atoms with Crippen LogP contribution in [0.3, 0.4) is 0 Å². The highest BCUT2D eigenvalue weighted by Crippen LogP contribution is 2.30. The molecule has 0 aromatic heterocycles. The summed E-state index contributed by atoms with van der Waals surface area (Å²) in [5.74, 6) is 0.511. The summed E-state index contributed by atoms with van der Waals surface area (Å²) in [5, 5.41) is 6.52. The lowest BCUT2D eigenvalue weighted by atomic mass is 9.94. The summed E-state index contributed by atoms with van der Waals surface area (Å²) in [6.45, 7) is 3.85. The second kappa shape index (κ2) is 4.15. The fourth-order valence-corrected chi connectivity index (χ4v) is 2.42. The molecule has 17 heavy (non-hydrogen) atoms. The SMILES string of the molecule is Cc1ccc2c(c1)C(NC(=O)C1CC1)CNC2. The van der Waals surface area contributed by atoms with Gasteiger partial charge in [0, 0.05) is 19.0 Å². The van der Waals surface area contributed by atoms with Crippen molar-refractivity contribution in [2.75, 3.05) is 6.54 Å². The molecule has 1 saturated carbocycles. The van der Waals surface area contributed by atoms with E-state index in [1.807, 2.05) is 0 Å². The summed E-state index contributed by atoms with van der Waals surface area (Å²) in [7, 11) is 0. The number of carbonyl (C=O) groups is 1. The van der Waals surface area contributed by atoms with Gasteiger partial charge in [0.25, 0.3) is 0 Å². The Morgan fingerprint density at radius 2 is 2.24 bits per heavy atom. The van der Waals surface area contributed by atoms with E-state index in [1.165, 1.54) is 16.7 Å². The molecule has 1 atom stereocenters. The summed E-state index contributed by atoms with van der Waals surface area (Å²) >= 11 is 0. The third-order valence-corrected chi connectivity index (χ3v) is 3.61. The van der Waals surface area contributed by atoms with Gasteiger partial charge in [-0.3, -0.25) is 4.79 Å². The minimum absolute atomic E-state index is 0.145. The van der Waals surface area contributed by atoms with Crippen LogP contribution < -0.4 is 10.6 Å². The molecule has 1 aromatic rings. The monoisotopic (exact) mass is 230 g/mol. The predicted molar refractivity (Wildman–Crippen MR) is 66.5 cm³/mol. The highest BCUT2D eigenvalue weighted by atomic mass is 16.2. The van der Waals surface area contributed by atoms with Crippen LogP contribution in [0.25, 0.3) is 0 Å². The number of benzene rings is 1. The fraction of sp³-hybridized carbons (Fsp3) is 0.500. The lowest BCUT2D eigenvalue weighted by molar-refractivity contribution is -0.123. The Bertz CT molecular complexity index is 452. The van der Waals surface area contributed by atoms with Gasteiger partial charge in [0.15, 0.2) is 0 Å². The third kappa shape index (κ3) is 2.20. The van der Waals surface area contributed by atoms with Crippen LogP contribution in [0.5, 0.6) is 0 Å². The van der Waals surface area contributed by atoms with Gasteiger partial charge in [-0.05, 0) is 30.9 Å². The van der Waals surface area contributed by atoms with Crippen molar-refractivity contribution in [1.29, 1.82) is 0 Å². The first-order valence-corrected chi connectivity index (χ1v) is 6.34. The minimum atomic E-state index is 0.145. The number of hydrogen-bond donors (Lipinski definition) is 2. The van der Waals surface area contributed by atoms with Crippen molar-refractivity contribution in [3.05, 3.63) is 34.9 Å². The van der Waals surface area contributed by atoms with Crippen molar-refractivity contribution in [3.8, 4) is 0 Å². The van der Waals surface area contributed by atoms with Crippen LogP contribution in [0.15, 0.2) is 18.2 Å². The zero-order valence-corrected chi connectivity index (χ0v) is 10.1. The van der Waals surface area contributed by atoms with Gasteiger partial charge in [0.2, 0.25) is 5.91 Å². The third-order valence-electron chi connectivity index (χ3n) is 3.61. The molecule has 1 unspecified atom stereocenters. The van der Waals surface area contributed by atoms with E-state index in [4.69, 9.17) is 0 Å². The standard InChI is InChI=1S/C14H18N2O/c1-9-2-3-11-7-15-8-13(12(11)6-9)16-14(17)10-4-5-10/h2-3,6,10,13,15H,4-5,7-8H2,1H3,(H,16,17).